The fourth-order valence-electron chi connectivity index (χ4n) is 2.98. The first-order chi connectivity index (χ1) is 11.1. The number of para-hydroxylation sites is 1. The smallest absolute Gasteiger partial charge is 0.238 e. The number of hydrogen-bond donors (Lipinski definition) is 2. The van der Waals surface area contributed by atoms with Gasteiger partial charge in [0.2, 0.25) is 5.91 Å². The standard InChI is InChI=1S/C17H23N5O/c1-13-5-3-4-6-14(13)20-16(23)12-22-10-7-18-11-15(22)17-19-8-9-21(17)2/h3-6,8-9,15,18H,7,10-12H2,1-2H3,(H,20,23). The summed E-state index contributed by atoms with van der Waals surface area (Å²) in [5, 5.41) is 6.40. The summed E-state index contributed by atoms with van der Waals surface area (Å²) in [5.74, 6) is 1.00. The molecule has 1 aliphatic heterocycles. The van der Waals surface area contributed by atoms with Crippen molar-refractivity contribution < 1.29 is 4.79 Å². The number of piperazine rings is 1. The van der Waals surface area contributed by atoms with Gasteiger partial charge in [0.25, 0.3) is 0 Å². The summed E-state index contributed by atoms with van der Waals surface area (Å²) < 4.78 is 2.02. The summed E-state index contributed by atoms with van der Waals surface area (Å²) in [6, 6.07) is 7.95. The lowest BCUT2D eigenvalue weighted by Gasteiger charge is -2.35. The third-order valence-electron chi connectivity index (χ3n) is 4.28. The van der Waals surface area contributed by atoms with Crippen LogP contribution in [0.1, 0.15) is 17.4 Å². The SMILES string of the molecule is Cc1ccccc1NC(=O)CN1CCNCC1c1nccn1C. The maximum Gasteiger partial charge on any atom is 0.238 e. The number of aromatic nitrogens is 2. The van der Waals surface area contributed by atoms with E-state index < -0.39 is 0 Å². The summed E-state index contributed by atoms with van der Waals surface area (Å²) in [4.78, 5) is 19.1. The average molecular weight is 313 g/mol. The molecule has 6 heteroatoms. The molecule has 0 spiro atoms. The normalized spacial score (nSPS) is 18.8. The van der Waals surface area contributed by atoms with E-state index in [-0.39, 0.29) is 11.9 Å². The van der Waals surface area contributed by atoms with E-state index in [4.69, 9.17) is 0 Å². The second-order valence-electron chi connectivity index (χ2n) is 5.95. The highest BCUT2D eigenvalue weighted by atomic mass is 16.2. The number of anilines is 1. The van der Waals surface area contributed by atoms with Gasteiger partial charge in [-0.2, -0.15) is 0 Å². The molecule has 1 atom stereocenters. The predicted octanol–water partition coefficient (Wildman–Crippen LogP) is 1.31. The van der Waals surface area contributed by atoms with Crippen LogP contribution in [0.5, 0.6) is 0 Å². The highest BCUT2D eigenvalue weighted by Crippen LogP contribution is 2.20. The summed E-state index contributed by atoms with van der Waals surface area (Å²) in [7, 11) is 1.99. The molecular formula is C17H23N5O. The van der Waals surface area contributed by atoms with Crippen LogP contribution in [-0.2, 0) is 11.8 Å². The minimum Gasteiger partial charge on any atom is -0.337 e. The molecule has 0 saturated carbocycles. The van der Waals surface area contributed by atoms with Crippen LogP contribution >= 0.6 is 0 Å². The number of carbonyl (C=O) groups excluding carboxylic acids is 1. The molecule has 1 aromatic carbocycles. The Kier molecular flexibility index (Phi) is 4.73. The Bertz CT molecular complexity index is 681. The lowest BCUT2D eigenvalue weighted by atomic mass is 10.1. The number of nitrogens with one attached hydrogen (secondary N) is 2. The van der Waals surface area contributed by atoms with Crippen molar-refractivity contribution in [3.05, 3.63) is 48.0 Å². The van der Waals surface area contributed by atoms with Crippen molar-refractivity contribution in [1.82, 2.24) is 19.8 Å². The lowest BCUT2D eigenvalue weighted by molar-refractivity contribution is -0.118. The molecule has 0 bridgehead atoms. The first-order valence-corrected chi connectivity index (χ1v) is 7.92. The number of aryl methyl sites for hydroxylation is 2. The van der Waals surface area contributed by atoms with E-state index >= 15 is 0 Å². The molecule has 1 aromatic heterocycles. The Labute approximate surface area is 136 Å². The Hall–Kier alpha value is -2.18. The second-order valence-corrected chi connectivity index (χ2v) is 5.95. The van der Waals surface area contributed by atoms with Crippen LogP contribution in [0.2, 0.25) is 0 Å². The minimum atomic E-state index is 0.0143. The van der Waals surface area contributed by atoms with Crippen molar-refractivity contribution in [3.63, 3.8) is 0 Å². The molecule has 3 rings (SSSR count). The number of carbonyl (C=O) groups is 1. The van der Waals surface area contributed by atoms with Crippen molar-refractivity contribution in [2.45, 2.75) is 13.0 Å². The maximum absolute atomic E-state index is 12.4. The molecule has 0 radical (unpaired) electrons. The van der Waals surface area contributed by atoms with Crippen LogP contribution in [0.25, 0.3) is 0 Å². The number of amides is 1. The van der Waals surface area contributed by atoms with Gasteiger partial charge < -0.3 is 15.2 Å². The number of benzene rings is 1. The highest BCUT2D eigenvalue weighted by molar-refractivity contribution is 5.92. The molecule has 23 heavy (non-hydrogen) atoms. The van der Waals surface area contributed by atoms with E-state index in [1.165, 1.54) is 0 Å². The zero-order chi connectivity index (χ0) is 16.2. The van der Waals surface area contributed by atoms with E-state index in [0.29, 0.717) is 6.54 Å². The Balaban J connectivity index is 1.68. The summed E-state index contributed by atoms with van der Waals surface area (Å²) in [5.41, 5.74) is 1.95. The third kappa shape index (κ3) is 3.60. The van der Waals surface area contributed by atoms with Crippen molar-refractivity contribution in [1.29, 1.82) is 0 Å². The van der Waals surface area contributed by atoms with Gasteiger partial charge in [-0.1, -0.05) is 18.2 Å². The van der Waals surface area contributed by atoms with Crippen molar-refractivity contribution in [3.8, 4) is 0 Å². The predicted molar refractivity (Wildman–Crippen MR) is 90.2 cm³/mol. The zero-order valence-electron chi connectivity index (χ0n) is 13.6. The lowest BCUT2D eigenvalue weighted by Crippen LogP contribution is -2.49. The molecule has 2 N–H and O–H groups in total. The Morgan fingerprint density at radius 2 is 2.26 bits per heavy atom. The number of imidazole rings is 1. The van der Waals surface area contributed by atoms with E-state index in [9.17, 15) is 4.79 Å². The molecule has 6 nitrogen and oxygen atoms in total. The molecule has 1 saturated heterocycles. The molecule has 1 fully saturated rings. The van der Waals surface area contributed by atoms with Crippen molar-refractivity contribution in [2.75, 3.05) is 31.5 Å². The maximum atomic E-state index is 12.4. The van der Waals surface area contributed by atoms with Gasteiger partial charge in [0, 0.05) is 44.8 Å². The Morgan fingerprint density at radius 1 is 1.43 bits per heavy atom. The van der Waals surface area contributed by atoms with Gasteiger partial charge in [0.05, 0.1) is 12.6 Å². The van der Waals surface area contributed by atoms with Gasteiger partial charge in [-0.3, -0.25) is 9.69 Å². The molecule has 2 heterocycles. The fraction of sp³-hybridized carbons (Fsp3) is 0.412. The topological polar surface area (TPSA) is 62.2 Å². The second kappa shape index (κ2) is 6.93. The van der Waals surface area contributed by atoms with Gasteiger partial charge in [-0.25, -0.2) is 4.98 Å². The highest BCUT2D eigenvalue weighted by Gasteiger charge is 2.28. The molecule has 122 valence electrons. The number of rotatable bonds is 4. The van der Waals surface area contributed by atoms with Crippen LogP contribution < -0.4 is 10.6 Å². The van der Waals surface area contributed by atoms with Crippen LogP contribution in [0.4, 0.5) is 5.69 Å². The zero-order valence-corrected chi connectivity index (χ0v) is 13.6. The van der Waals surface area contributed by atoms with E-state index in [1.807, 2.05) is 49.0 Å². The third-order valence-corrected chi connectivity index (χ3v) is 4.28. The van der Waals surface area contributed by atoms with Gasteiger partial charge >= 0.3 is 0 Å². The first-order valence-electron chi connectivity index (χ1n) is 7.92. The minimum absolute atomic E-state index is 0.0143. The van der Waals surface area contributed by atoms with Crippen LogP contribution in [0.15, 0.2) is 36.7 Å². The van der Waals surface area contributed by atoms with Crippen LogP contribution in [0.3, 0.4) is 0 Å². The average Bonchev–Trinajstić information content (AvgIpc) is 2.96. The van der Waals surface area contributed by atoms with E-state index in [1.54, 1.807) is 6.20 Å². The van der Waals surface area contributed by atoms with E-state index in [0.717, 1.165) is 36.7 Å². The largest absolute Gasteiger partial charge is 0.337 e. The van der Waals surface area contributed by atoms with Gasteiger partial charge in [0.1, 0.15) is 5.82 Å². The monoisotopic (exact) mass is 313 g/mol. The van der Waals surface area contributed by atoms with Gasteiger partial charge in [-0.15, -0.1) is 0 Å². The summed E-state index contributed by atoms with van der Waals surface area (Å²) >= 11 is 0. The number of hydrogen-bond acceptors (Lipinski definition) is 4. The summed E-state index contributed by atoms with van der Waals surface area (Å²) in [6.07, 6.45) is 3.74. The van der Waals surface area contributed by atoms with Gasteiger partial charge in [-0.05, 0) is 18.6 Å². The van der Waals surface area contributed by atoms with Crippen LogP contribution in [-0.4, -0.2) is 46.5 Å². The van der Waals surface area contributed by atoms with Crippen molar-refractivity contribution >= 4 is 11.6 Å². The molecule has 0 aliphatic carbocycles. The fourth-order valence-corrected chi connectivity index (χ4v) is 2.98. The van der Waals surface area contributed by atoms with Crippen molar-refractivity contribution in [2.24, 2.45) is 7.05 Å². The molecule has 1 amide bonds. The van der Waals surface area contributed by atoms with E-state index in [2.05, 4.69) is 20.5 Å². The van der Waals surface area contributed by atoms with Gasteiger partial charge in [0.15, 0.2) is 0 Å². The quantitative estimate of drug-likeness (QED) is 0.893. The van der Waals surface area contributed by atoms with Crippen LogP contribution in [0, 0.1) is 6.92 Å². The molecule has 1 aliphatic rings. The number of nitrogens with zero attached hydrogens (tertiary/aromatic N) is 3. The Morgan fingerprint density at radius 3 is 3.00 bits per heavy atom. The summed E-state index contributed by atoms with van der Waals surface area (Å²) in [6.45, 7) is 4.89. The molecule has 2 aromatic rings. The molecule has 1 unspecified atom stereocenters. The molecular weight excluding hydrogens is 290 g/mol. The first kappa shape index (κ1) is 15.7.